The monoisotopic (exact) mass is 286 g/mol. The molecule has 1 rings (SSSR count). The van der Waals surface area contributed by atoms with Gasteiger partial charge in [0.25, 0.3) is 0 Å². The summed E-state index contributed by atoms with van der Waals surface area (Å²) in [6, 6.07) is 2.63. The fraction of sp³-hybridized carbons (Fsp3) is 0.455. The van der Waals surface area contributed by atoms with Crippen molar-refractivity contribution >= 4 is 29.0 Å². The van der Waals surface area contributed by atoms with E-state index in [1.807, 2.05) is 0 Å². The molecule has 0 aromatic carbocycles. The van der Waals surface area contributed by atoms with Crippen molar-refractivity contribution in [3.63, 3.8) is 0 Å². The summed E-state index contributed by atoms with van der Waals surface area (Å²) >= 11 is 5.76. The molecule has 0 saturated carbocycles. The van der Waals surface area contributed by atoms with E-state index in [0.717, 1.165) is 0 Å². The van der Waals surface area contributed by atoms with E-state index in [2.05, 4.69) is 10.3 Å². The van der Waals surface area contributed by atoms with Gasteiger partial charge < -0.3 is 10.2 Å². The van der Waals surface area contributed by atoms with Crippen LogP contribution in [0.5, 0.6) is 0 Å². The molecule has 1 N–H and O–H groups in total. The lowest BCUT2D eigenvalue weighted by Crippen LogP contribution is -2.37. The van der Waals surface area contributed by atoms with E-state index in [-0.39, 0.29) is 29.1 Å². The lowest BCUT2D eigenvalue weighted by atomic mass is 10.3. The van der Waals surface area contributed by atoms with E-state index >= 15 is 0 Å². The number of carbonyl (C=O) groups excluding carboxylic acids is 1. The fourth-order valence-corrected chi connectivity index (χ4v) is 1.70. The number of nitrogens with zero attached hydrogens (tertiary/aromatic N) is 3. The Hall–Kier alpha value is -1.89. The predicted octanol–water partition coefficient (Wildman–Crippen LogP) is 1.61. The molecule has 0 aliphatic rings. The minimum absolute atomic E-state index is 0.00147. The summed E-state index contributed by atoms with van der Waals surface area (Å²) in [6.45, 7) is 4.49. The number of amides is 1. The van der Waals surface area contributed by atoms with Crippen LogP contribution >= 0.6 is 11.6 Å². The largest absolute Gasteiger partial charge is 0.355 e. The molecule has 0 spiro atoms. The molecule has 1 heterocycles. The smallest absolute Gasteiger partial charge is 0.311 e. The van der Waals surface area contributed by atoms with Crippen molar-refractivity contribution < 1.29 is 9.72 Å². The number of halogens is 1. The summed E-state index contributed by atoms with van der Waals surface area (Å²) in [5.74, 6) is -0.119. The van der Waals surface area contributed by atoms with Crippen LogP contribution in [0.15, 0.2) is 12.1 Å². The standard InChI is InChI=1S/C11H15ClN4O3/c1-3-13-10(17)7-15(4-2)11-8(16(18)19)5-6-9(12)14-11/h5-6H,3-4,7H2,1-2H3,(H,13,17). The highest BCUT2D eigenvalue weighted by Crippen LogP contribution is 2.27. The molecular weight excluding hydrogens is 272 g/mol. The van der Waals surface area contributed by atoms with E-state index in [1.54, 1.807) is 13.8 Å². The summed E-state index contributed by atoms with van der Waals surface area (Å²) in [5.41, 5.74) is -0.171. The summed E-state index contributed by atoms with van der Waals surface area (Å²) < 4.78 is 0. The molecule has 104 valence electrons. The Morgan fingerprint density at radius 2 is 2.21 bits per heavy atom. The molecule has 0 saturated heterocycles. The van der Waals surface area contributed by atoms with Crippen molar-refractivity contribution in [2.24, 2.45) is 0 Å². The number of nitrogens with one attached hydrogen (secondary N) is 1. The normalized spacial score (nSPS) is 10.1. The van der Waals surface area contributed by atoms with Gasteiger partial charge >= 0.3 is 5.69 Å². The predicted molar refractivity (Wildman–Crippen MR) is 72.5 cm³/mol. The highest BCUT2D eigenvalue weighted by atomic mass is 35.5. The first kappa shape index (κ1) is 15.2. The number of hydrogen-bond donors (Lipinski definition) is 1. The zero-order chi connectivity index (χ0) is 14.4. The number of carbonyl (C=O) groups is 1. The third-order valence-corrected chi connectivity index (χ3v) is 2.62. The molecule has 0 aliphatic heterocycles. The molecule has 1 aromatic heterocycles. The van der Waals surface area contributed by atoms with Gasteiger partial charge in [0.15, 0.2) is 0 Å². The number of aromatic nitrogens is 1. The van der Waals surface area contributed by atoms with E-state index < -0.39 is 4.92 Å². The molecule has 0 unspecified atom stereocenters. The van der Waals surface area contributed by atoms with Gasteiger partial charge in [0.1, 0.15) is 5.15 Å². The van der Waals surface area contributed by atoms with E-state index in [4.69, 9.17) is 11.6 Å². The minimum atomic E-state index is -0.543. The Bertz CT molecular complexity index is 481. The maximum absolute atomic E-state index is 11.6. The number of anilines is 1. The molecule has 0 fully saturated rings. The first-order valence-electron chi connectivity index (χ1n) is 5.82. The molecule has 1 aromatic rings. The van der Waals surface area contributed by atoms with Crippen LogP contribution in [-0.2, 0) is 4.79 Å². The van der Waals surface area contributed by atoms with Crippen LogP contribution in [0.3, 0.4) is 0 Å². The molecule has 0 atom stereocenters. The summed E-state index contributed by atoms with van der Waals surface area (Å²) in [7, 11) is 0. The first-order chi connectivity index (χ1) is 8.99. The van der Waals surface area contributed by atoms with Crippen molar-refractivity contribution in [3.05, 3.63) is 27.4 Å². The quantitative estimate of drug-likeness (QED) is 0.487. The van der Waals surface area contributed by atoms with Gasteiger partial charge in [0, 0.05) is 19.2 Å². The summed E-state index contributed by atoms with van der Waals surface area (Å²) in [6.07, 6.45) is 0. The van der Waals surface area contributed by atoms with E-state index in [1.165, 1.54) is 17.0 Å². The minimum Gasteiger partial charge on any atom is -0.355 e. The Morgan fingerprint density at radius 3 is 2.74 bits per heavy atom. The fourth-order valence-electron chi connectivity index (χ4n) is 1.56. The Balaban J connectivity index is 3.06. The maximum Gasteiger partial charge on any atom is 0.311 e. The van der Waals surface area contributed by atoms with Gasteiger partial charge in [-0.15, -0.1) is 0 Å². The van der Waals surface area contributed by atoms with Gasteiger partial charge in [-0.25, -0.2) is 4.98 Å². The van der Waals surface area contributed by atoms with Crippen LogP contribution < -0.4 is 10.2 Å². The number of hydrogen-bond acceptors (Lipinski definition) is 5. The molecule has 19 heavy (non-hydrogen) atoms. The van der Waals surface area contributed by atoms with Crippen LogP contribution in [0.25, 0.3) is 0 Å². The van der Waals surface area contributed by atoms with Gasteiger partial charge in [-0.05, 0) is 19.9 Å². The zero-order valence-corrected chi connectivity index (χ0v) is 11.5. The molecule has 8 heteroatoms. The topological polar surface area (TPSA) is 88.4 Å². The van der Waals surface area contributed by atoms with Gasteiger partial charge in [0.05, 0.1) is 11.5 Å². The van der Waals surface area contributed by atoms with Crippen LogP contribution in [0.2, 0.25) is 5.15 Å². The summed E-state index contributed by atoms with van der Waals surface area (Å²) in [5, 5.41) is 13.7. The van der Waals surface area contributed by atoms with Crippen molar-refractivity contribution in [2.75, 3.05) is 24.5 Å². The highest BCUT2D eigenvalue weighted by Gasteiger charge is 2.22. The lowest BCUT2D eigenvalue weighted by molar-refractivity contribution is -0.384. The zero-order valence-electron chi connectivity index (χ0n) is 10.7. The third-order valence-electron chi connectivity index (χ3n) is 2.41. The third kappa shape index (κ3) is 4.06. The van der Waals surface area contributed by atoms with Gasteiger partial charge in [-0.1, -0.05) is 11.6 Å². The van der Waals surface area contributed by atoms with Gasteiger partial charge in [-0.3, -0.25) is 14.9 Å². The second-order valence-electron chi connectivity index (χ2n) is 3.70. The molecule has 0 radical (unpaired) electrons. The maximum atomic E-state index is 11.6. The van der Waals surface area contributed by atoms with Gasteiger partial charge in [0.2, 0.25) is 11.7 Å². The van der Waals surface area contributed by atoms with Crippen LogP contribution in [0.4, 0.5) is 11.5 Å². The average molecular weight is 287 g/mol. The van der Waals surface area contributed by atoms with Crippen molar-refractivity contribution in [2.45, 2.75) is 13.8 Å². The summed E-state index contributed by atoms with van der Waals surface area (Å²) in [4.78, 5) is 27.4. The number of likely N-dealkylation sites (N-methyl/N-ethyl adjacent to an activating group) is 2. The number of nitro groups is 1. The Kier molecular flexibility index (Phi) is 5.50. The molecule has 0 aliphatic carbocycles. The van der Waals surface area contributed by atoms with Crippen LogP contribution in [0, 0.1) is 10.1 Å². The van der Waals surface area contributed by atoms with E-state index in [9.17, 15) is 14.9 Å². The number of pyridine rings is 1. The Morgan fingerprint density at radius 1 is 1.53 bits per heavy atom. The number of rotatable bonds is 6. The average Bonchev–Trinajstić information content (AvgIpc) is 2.35. The van der Waals surface area contributed by atoms with Crippen molar-refractivity contribution in [1.82, 2.24) is 10.3 Å². The van der Waals surface area contributed by atoms with Crippen LogP contribution in [0.1, 0.15) is 13.8 Å². The molecular formula is C11H15ClN4O3. The molecule has 7 nitrogen and oxygen atoms in total. The second kappa shape index (κ2) is 6.89. The second-order valence-corrected chi connectivity index (χ2v) is 4.09. The molecule has 0 bridgehead atoms. The Labute approximate surface area is 115 Å². The lowest BCUT2D eigenvalue weighted by Gasteiger charge is -2.20. The SMILES string of the molecule is CCNC(=O)CN(CC)c1nc(Cl)ccc1[N+](=O)[O-]. The van der Waals surface area contributed by atoms with Crippen LogP contribution in [-0.4, -0.2) is 35.4 Å². The first-order valence-corrected chi connectivity index (χ1v) is 6.20. The molecule has 1 amide bonds. The van der Waals surface area contributed by atoms with Gasteiger partial charge in [-0.2, -0.15) is 0 Å². The van der Waals surface area contributed by atoms with E-state index in [0.29, 0.717) is 13.1 Å². The van der Waals surface area contributed by atoms with Crippen molar-refractivity contribution in [3.8, 4) is 0 Å². The van der Waals surface area contributed by atoms with Crippen molar-refractivity contribution in [1.29, 1.82) is 0 Å². The highest BCUT2D eigenvalue weighted by molar-refractivity contribution is 6.29.